The highest BCUT2D eigenvalue weighted by Gasteiger charge is 2.21. The van der Waals surface area contributed by atoms with Crippen molar-refractivity contribution in [2.45, 2.75) is 25.3 Å². The zero-order chi connectivity index (χ0) is 14.7. The molecule has 5 nitrogen and oxygen atoms in total. The van der Waals surface area contributed by atoms with Crippen molar-refractivity contribution in [3.8, 4) is 5.69 Å². The molecular formula is C15H19FIN5. The summed E-state index contributed by atoms with van der Waals surface area (Å²) in [5.74, 6) is 0.259. The lowest BCUT2D eigenvalue weighted by molar-refractivity contribution is 0.627. The molecule has 22 heavy (non-hydrogen) atoms. The Morgan fingerprint density at radius 2 is 2.05 bits per heavy atom. The Hall–Kier alpha value is -1.64. The highest BCUT2D eigenvalue weighted by atomic mass is 127. The highest BCUT2D eigenvalue weighted by molar-refractivity contribution is 14.0. The van der Waals surface area contributed by atoms with Crippen LogP contribution >= 0.6 is 24.0 Å². The molecule has 1 aliphatic carbocycles. The minimum atomic E-state index is -0.251. The van der Waals surface area contributed by atoms with Crippen LogP contribution in [0.1, 0.15) is 18.5 Å². The summed E-state index contributed by atoms with van der Waals surface area (Å²) in [7, 11) is 0. The average Bonchev–Trinajstić information content (AvgIpc) is 3.15. The number of benzene rings is 1. The SMILES string of the molecule is I.NC(=NCCc1ccn(-c2ccc(F)cc2)n1)NC1CC1. The summed E-state index contributed by atoms with van der Waals surface area (Å²) in [4.78, 5) is 4.28. The van der Waals surface area contributed by atoms with Gasteiger partial charge in [0.25, 0.3) is 0 Å². The van der Waals surface area contributed by atoms with E-state index in [2.05, 4.69) is 15.4 Å². The van der Waals surface area contributed by atoms with Gasteiger partial charge >= 0.3 is 0 Å². The van der Waals surface area contributed by atoms with Gasteiger partial charge < -0.3 is 11.1 Å². The molecule has 0 spiro atoms. The average molecular weight is 415 g/mol. The van der Waals surface area contributed by atoms with Gasteiger partial charge in [-0.05, 0) is 43.2 Å². The van der Waals surface area contributed by atoms with E-state index < -0.39 is 0 Å². The molecule has 118 valence electrons. The first-order chi connectivity index (χ1) is 10.2. The standard InChI is InChI=1S/C15H18FN5.HI/c16-11-1-5-14(6-2-11)21-10-8-13(20-21)7-9-18-15(17)19-12-3-4-12;/h1-2,5-6,8,10,12H,3-4,7,9H2,(H3,17,18,19);1H. The summed E-state index contributed by atoms with van der Waals surface area (Å²) in [6.45, 7) is 0.603. The van der Waals surface area contributed by atoms with Crippen molar-refractivity contribution in [2.75, 3.05) is 6.54 Å². The Labute approximate surface area is 145 Å². The smallest absolute Gasteiger partial charge is 0.188 e. The highest BCUT2D eigenvalue weighted by Crippen LogP contribution is 2.18. The zero-order valence-electron chi connectivity index (χ0n) is 12.1. The monoisotopic (exact) mass is 415 g/mol. The molecule has 0 bridgehead atoms. The molecular weight excluding hydrogens is 396 g/mol. The third-order valence-corrected chi connectivity index (χ3v) is 3.31. The van der Waals surface area contributed by atoms with Crippen molar-refractivity contribution in [3.63, 3.8) is 0 Å². The van der Waals surface area contributed by atoms with E-state index in [1.54, 1.807) is 16.8 Å². The molecule has 1 fully saturated rings. The number of hydrogen-bond acceptors (Lipinski definition) is 2. The predicted molar refractivity (Wildman–Crippen MR) is 95.3 cm³/mol. The maximum Gasteiger partial charge on any atom is 0.188 e. The molecule has 3 rings (SSSR count). The van der Waals surface area contributed by atoms with Crippen LogP contribution in [-0.4, -0.2) is 28.3 Å². The van der Waals surface area contributed by atoms with Crippen molar-refractivity contribution in [1.29, 1.82) is 0 Å². The molecule has 1 aliphatic rings. The molecule has 1 heterocycles. The van der Waals surface area contributed by atoms with Crippen LogP contribution in [-0.2, 0) is 6.42 Å². The molecule has 0 unspecified atom stereocenters. The Balaban J connectivity index is 0.00000176. The zero-order valence-corrected chi connectivity index (χ0v) is 14.4. The fourth-order valence-electron chi connectivity index (χ4n) is 2.01. The maximum absolute atomic E-state index is 12.9. The Morgan fingerprint density at radius 1 is 1.32 bits per heavy atom. The van der Waals surface area contributed by atoms with E-state index in [0.29, 0.717) is 18.5 Å². The van der Waals surface area contributed by atoms with E-state index in [-0.39, 0.29) is 29.8 Å². The molecule has 1 saturated carbocycles. The molecule has 0 saturated heterocycles. The first-order valence-corrected chi connectivity index (χ1v) is 7.08. The summed E-state index contributed by atoms with van der Waals surface area (Å²) in [6, 6.07) is 8.69. The van der Waals surface area contributed by atoms with Crippen molar-refractivity contribution in [2.24, 2.45) is 10.7 Å². The van der Waals surface area contributed by atoms with Crippen LogP contribution in [0.15, 0.2) is 41.5 Å². The van der Waals surface area contributed by atoms with Crippen molar-refractivity contribution < 1.29 is 4.39 Å². The summed E-state index contributed by atoms with van der Waals surface area (Å²) < 4.78 is 14.6. The summed E-state index contributed by atoms with van der Waals surface area (Å²) in [6.07, 6.45) is 4.94. The van der Waals surface area contributed by atoms with Crippen LogP contribution in [0.25, 0.3) is 5.69 Å². The van der Waals surface area contributed by atoms with Crippen molar-refractivity contribution >= 4 is 29.9 Å². The minimum Gasteiger partial charge on any atom is -0.370 e. The van der Waals surface area contributed by atoms with Crippen LogP contribution in [0.3, 0.4) is 0 Å². The number of halogens is 2. The molecule has 0 radical (unpaired) electrons. The third-order valence-electron chi connectivity index (χ3n) is 3.31. The number of nitrogens with one attached hydrogen (secondary N) is 1. The molecule has 7 heteroatoms. The number of nitrogens with two attached hydrogens (primary N) is 1. The second-order valence-electron chi connectivity index (χ2n) is 5.16. The molecule has 2 aromatic rings. The largest absolute Gasteiger partial charge is 0.370 e. The van der Waals surface area contributed by atoms with E-state index in [9.17, 15) is 4.39 Å². The molecule has 1 aromatic heterocycles. The van der Waals surface area contributed by atoms with E-state index in [1.165, 1.54) is 25.0 Å². The summed E-state index contributed by atoms with van der Waals surface area (Å²) in [5, 5.41) is 7.59. The van der Waals surface area contributed by atoms with Gasteiger partial charge in [-0.25, -0.2) is 9.07 Å². The van der Waals surface area contributed by atoms with Gasteiger partial charge in [0.2, 0.25) is 0 Å². The minimum absolute atomic E-state index is 0. The van der Waals surface area contributed by atoms with Gasteiger partial charge in [0, 0.05) is 25.2 Å². The molecule has 0 amide bonds. The third kappa shape index (κ3) is 4.69. The quantitative estimate of drug-likeness (QED) is 0.447. The fraction of sp³-hybridized carbons (Fsp3) is 0.333. The van der Waals surface area contributed by atoms with E-state index >= 15 is 0 Å². The van der Waals surface area contributed by atoms with Gasteiger partial charge in [-0.3, -0.25) is 4.99 Å². The number of nitrogens with zero attached hydrogens (tertiary/aromatic N) is 3. The number of guanidine groups is 1. The lowest BCUT2D eigenvalue weighted by Gasteiger charge is -2.02. The van der Waals surface area contributed by atoms with Crippen LogP contribution in [0.5, 0.6) is 0 Å². The second kappa shape index (κ2) is 7.57. The maximum atomic E-state index is 12.9. The Bertz CT molecular complexity index is 634. The number of aliphatic imine (C=N–C) groups is 1. The Morgan fingerprint density at radius 3 is 2.73 bits per heavy atom. The lowest BCUT2D eigenvalue weighted by atomic mass is 10.3. The van der Waals surface area contributed by atoms with Crippen LogP contribution in [0.2, 0.25) is 0 Å². The summed E-state index contributed by atoms with van der Waals surface area (Å²) in [5.41, 5.74) is 7.53. The van der Waals surface area contributed by atoms with Crippen molar-refractivity contribution in [3.05, 3.63) is 48.0 Å². The van der Waals surface area contributed by atoms with Crippen LogP contribution in [0.4, 0.5) is 4.39 Å². The van der Waals surface area contributed by atoms with Gasteiger partial charge in [-0.1, -0.05) is 0 Å². The number of aromatic nitrogens is 2. The molecule has 3 N–H and O–H groups in total. The van der Waals surface area contributed by atoms with Gasteiger partial charge in [-0.2, -0.15) is 5.10 Å². The van der Waals surface area contributed by atoms with Crippen molar-refractivity contribution in [1.82, 2.24) is 15.1 Å². The van der Waals surface area contributed by atoms with Crippen LogP contribution < -0.4 is 11.1 Å². The van der Waals surface area contributed by atoms with Gasteiger partial charge in [-0.15, -0.1) is 24.0 Å². The van der Waals surface area contributed by atoms with E-state index in [1.807, 2.05) is 12.3 Å². The second-order valence-corrected chi connectivity index (χ2v) is 5.16. The van der Waals surface area contributed by atoms with Gasteiger partial charge in [0.05, 0.1) is 11.4 Å². The topological polar surface area (TPSA) is 68.2 Å². The molecule has 0 atom stereocenters. The predicted octanol–water partition coefficient (Wildman–Crippen LogP) is 2.24. The molecule has 0 aliphatic heterocycles. The summed E-state index contributed by atoms with van der Waals surface area (Å²) >= 11 is 0. The fourth-order valence-corrected chi connectivity index (χ4v) is 2.01. The van der Waals surface area contributed by atoms with E-state index in [4.69, 9.17) is 5.73 Å². The first kappa shape index (κ1) is 16.7. The van der Waals surface area contributed by atoms with E-state index in [0.717, 1.165) is 17.8 Å². The van der Waals surface area contributed by atoms with Gasteiger partial charge in [0.1, 0.15) is 5.82 Å². The number of rotatable bonds is 5. The molecule has 1 aromatic carbocycles. The van der Waals surface area contributed by atoms with Gasteiger partial charge in [0.15, 0.2) is 5.96 Å². The van der Waals surface area contributed by atoms with Crippen LogP contribution in [0, 0.1) is 5.82 Å². The normalized spacial score (nSPS) is 14.5. The Kier molecular flexibility index (Phi) is 5.76. The number of hydrogen-bond donors (Lipinski definition) is 2. The first-order valence-electron chi connectivity index (χ1n) is 7.08. The lowest BCUT2D eigenvalue weighted by Crippen LogP contribution is -2.33.